The van der Waals surface area contributed by atoms with Gasteiger partial charge >= 0.3 is 12.4 Å². The maximum atomic E-state index is 12.8. The minimum Gasteiger partial charge on any atom is -0.508 e. The van der Waals surface area contributed by atoms with Gasteiger partial charge in [0.25, 0.3) is 11.8 Å². The first-order valence-corrected chi connectivity index (χ1v) is 9.14. The van der Waals surface area contributed by atoms with Crippen molar-refractivity contribution in [3.05, 3.63) is 89.0 Å². The lowest BCUT2D eigenvalue weighted by atomic mass is 10.1. The van der Waals surface area contributed by atoms with E-state index in [0.717, 1.165) is 42.5 Å². The lowest BCUT2D eigenvalue weighted by Gasteiger charge is -2.12. The largest absolute Gasteiger partial charge is 0.508 e. The molecule has 5 nitrogen and oxygen atoms in total. The second-order valence-corrected chi connectivity index (χ2v) is 6.83. The van der Waals surface area contributed by atoms with Crippen LogP contribution >= 0.6 is 0 Å². The Balaban J connectivity index is 1.81. The van der Waals surface area contributed by atoms with Gasteiger partial charge in [-0.3, -0.25) is 9.59 Å². The molecule has 0 aliphatic heterocycles. The van der Waals surface area contributed by atoms with Crippen LogP contribution in [0.3, 0.4) is 0 Å². The van der Waals surface area contributed by atoms with Crippen molar-refractivity contribution in [1.82, 2.24) is 0 Å². The number of aromatic hydroxyl groups is 1. The molecule has 0 bridgehead atoms. The summed E-state index contributed by atoms with van der Waals surface area (Å²) >= 11 is 0. The average molecular weight is 468 g/mol. The number of benzene rings is 3. The van der Waals surface area contributed by atoms with E-state index in [4.69, 9.17) is 0 Å². The predicted molar refractivity (Wildman–Crippen MR) is 107 cm³/mol. The zero-order valence-electron chi connectivity index (χ0n) is 16.4. The zero-order valence-corrected chi connectivity index (χ0v) is 16.4. The monoisotopic (exact) mass is 468 g/mol. The smallest absolute Gasteiger partial charge is 0.416 e. The summed E-state index contributed by atoms with van der Waals surface area (Å²) in [6, 6.07) is 10.7. The molecule has 3 aromatic carbocycles. The van der Waals surface area contributed by atoms with Crippen LogP contribution in [-0.2, 0) is 12.4 Å². The maximum Gasteiger partial charge on any atom is 0.416 e. The summed E-state index contributed by atoms with van der Waals surface area (Å²) in [6.45, 7) is 0. The molecule has 0 aliphatic rings. The van der Waals surface area contributed by atoms with Gasteiger partial charge in [-0.15, -0.1) is 0 Å². The van der Waals surface area contributed by atoms with Gasteiger partial charge in [0.2, 0.25) is 0 Å². The van der Waals surface area contributed by atoms with Crippen LogP contribution in [-0.4, -0.2) is 16.9 Å². The number of carbonyl (C=O) groups excluding carboxylic acids is 2. The fraction of sp³-hybridized carbons (Fsp3) is 0.0909. The van der Waals surface area contributed by atoms with Crippen LogP contribution in [0.25, 0.3) is 0 Å². The molecule has 0 atom stereocenters. The summed E-state index contributed by atoms with van der Waals surface area (Å²) in [6.07, 6.45) is -9.25. The van der Waals surface area contributed by atoms with Gasteiger partial charge in [-0.05, 0) is 54.6 Å². The molecule has 0 aromatic heterocycles. The number of anilines is 2. The number of carbonyl (C=O) groups is 2. The molecular weight excluding hydrogens is 454 g/mol. The Morgan fingerprint density at radius 1 is 0.636 bits per heavy atom. The van der Waals surface area contributed by atoms with Crippen molar-refractivity contribution in [3.8, 4) is 5.75 Å². The molecule has 172 valence electrons. The van der Waals surface area contributed by atoms with Crippen molar-refractivity contribution in [2.45, 2.75) is 12.4 Å². The number of amides is 2. The summed E-state index contributed by atoms with van der Waals surface area (Å²) in [4.78, 5) is 24.9. The van der Waals surface area contributed by atoms with E-state index in [0.29, 0.717) is 12.1 Å². The van der Waals surface area contributed by atoms with Crippen molar-refractivity contribution >= 4 is 23.2 Å². The van der Waals surface area contributed by atoms with E-state index in [1.807, 2.05) is 0 Å². The fourth-order valence-corrected chi connectivity index (χ4v) is 2.83. The number of hydrogen-bond donors (Lipinski definition) is 3. The van der Waals surface area contributed by atoms with Crippen molar-refractivity contribution in [3.63, 3.8) is 0 Å². The molecule has 0 saturated carbocycles. The third-order valence-electron chi connectivity index (χ3n) is 4.34. The first-order chi connectivity index (χ1) is 15.3. The summed E-state index contributed by atoms with van der Waals surface area (Å²) < 4.78 is 77.0. The van der Waals surface area contributed by atoms with E-state index < -0.39 is 41.0 Å². The van der Waals surface area contributed by atoms with E-state index in [-0.39, 0.29) is 22.5 Å². The number of rotatable bonds is 4. The van der Waals surface area contributed by atoms with Crippen LogP contribution in [0.5, 0.6) is 5.75 Å². The number of halogens is 6. The lowest BCUT2D eigenvalue weighted by molar-refractivity contribution is -0.138. The Bertz CT molecular complexity index is 1120. The van der Waals surface area contributed by atoms with E-state index in [1.165, 1.54) is 12.1 Å². The van der Waals surface area contributed by atoms with E-state index in [1.54, 1.807) is 0 Å². The quantitative estimate of drug-likeness (QED) is 0.415. The molecule has 0 heterocycles. The lowest BCUT2D eigenvalue weighted by Crippen LogP contribution is -2.16. The van der Waals surface area contributed by atoms with E-state index in [9.17, 15) is 41.0 Å². The summed E-state index contributed by atoms with van der Waals surface area (Å²) in [5, 5.41) is 14.3. The van der Waals surface area contributed by atoms with Gasteiger partial charge in [0.1, 0.15) is 5.75 Å². The highest BCUT2D eigenvalue weighted by molar-refractivity contribution is 6.09. The number of phenolic OH excluding ortho intramolecular Hbond substituents is 1. The minimum absolute atomic E-state index is 0.173. The Morgan fingerprint density at radius 2 is 1.03 bits per heavy atom. The van der Waals surface area contributed by atoms with Crippen LogP contribution < -0.4 is 10.6 Å². The maximum absolute atomic E-state index is 12.8. The van der Waals surface area contributed by atoms with Gasteiger partial charge in [-0.1, -0.05) is 12.1 Å². The van der Waals surface area contributed by atoms with Crippen molar-refractivity contribution in [2.24, 2.45) is 0 Å². The number of phenols is 1. The molecule has 3 rings (SSSR count). The SMILES string of the molecule is O=C(Nc1cccc(C(F)(F)F)c1)c1cc(O)cc(C(=O)Nc2cccc(C(F)(F)F)c2)c1. The van der Waals surface area contributed by atoms with Gasteiger partial charge < -0.3 is 15.7 Å². The Hall–Kier alpha value is -4.02. The number of hydrogen-bond acceptors (Lipinski definition) is 3. The van der Waals surface area contributed by atoms with E-state index >= 15 is 0 Å². The van der Waals surface area contributed by atoms with Crippen molar-refractivity contribution in [2.75, 3.05) is 10.6 Å². The average Bonchev–Trinajstić information content (AvgIpc) is 2.72. The number of alkyl halides is 6. The molecular formula is C22H14F6N2O3. The molecule has 0 unspecified atom stereocenters. The van der Waals surface area contributed by atoms with Crippen molar-refractivity contribution < 1.29 is 41.0 Å². The third kappa shape index (κ3) is 6.03. The van der Waals surface area contributed by atoms with Crippen LogP contribution in [0.15, 0.2) is 66.7 Å². The van der Waals surface area contributed by atoms with Crippen LogP contribution in [0.2, 0.25) is 0 Å². The molecule has 3 N–H and O–H groups in total. The molecule has 0 aliphatic carbocycles. The second-order valence-electron chi connectivity index (χ2n) is 6.83. The second kappa shape index (κ2) is 8.85. The standard InChI is InChI=1S/C22H14F6N2O3/c23-21(24,25)14-3-1-5-16(10-14)29-19(32)12-7-13(9-18(31)8-12)20(33)30-17-6-2-4-15(11-17)22(26,27)28/h1-11,31H,(H,29,32)(H,30,33). The molecule has 0 radical (unpaired) electrons. The first kappa shape index (κ1) is 23.6. The molecule has 11 heteroatoms. The summed E-state index contributed by atoms with van der Waals surface area (Å²) in [5.74, 6) is -2.35. The predicted octanol–water partition coefficient (Wildman–Crippen LogP) is 5.93. The Kier molecular flexibility index (Phi) is 6.34. The van der Waals surface area contributed by atoms with Crippen LogP contribution in [0.4, 0.5) is 37.7 Å². The summed E-state index contributed by atoms with van der Waals surface area (Å²) in [7, 11) is 0. The Morgan fingerprint density at radius 3 is 1.39 bits per heavy atom. The molecule has 2 amide bonds. The molecule has 0 spiro atoms. The highest BCUT2D eigenvalue weighted by Gasteiger charge is 2.31. The topological polar surface area (TPSA) is 78.4 Å². The third-order valence-corrected chi connectivity index (χ3v) is 4.34. The van der Waals surface area contributed by atoms with Crippen molar-refractivity contribution in [1.29, 1.82) is 0 Å². The Labute approximate surface area is 182 Å². The number of nitrogens with one attached hydrogen (secondary N) is 2. The van der Waals surface area contributed by atoms with Gasteiger partial charge in [-0.25, -0.2) is 0 Å². The minimum atomic E-state index is -4.62. The zero-order chi connectivity index (χ0) is 24.4. The van der Waals surface area contributed by atoms with E-state index in [2.05, 4.69) is 10.6 Å². The van der Waals surface area contributed by atoms with Gasteiger partial charge in [0.05, 0.1) is 11.1 Å². The fourth-order valence-electron chi connectivity index (χ4n) is 2.83. The normalized spacial score (nSPS) is 11.7. The van der Waals surface area contributed by atoms with Gasteiger partial charge in [-0.2, -0.15) is 26.3 Å². The highest BCUT2D eigenvalue weighted by Crippen LogP contribution is 2.32. The summed E-state index contributed by atoms with van der Waals surface area (Å²) in [5.41, 5.74) is -2.85. The molecule has 3 aromatic rings. The molecule has 33 heavy (non-hydrogen) atoms. The molecule has 0 fully saturated rings. The van der Waals surface area contributed by atoms with Gasteiger partial charge in [0.15, 0.2) is 0 Å². The van der Waals surface area contributed by atoms with Crippen LogP contribution in [0.1, 0.15) is 31.8 Å². The first-order valence-electron chi connectivity index (χ1n) is 9.14. The van der Waals surface area contributed by atoms with Crippen LogP contribution in [0, 0.1) is 0 Å². The van der Waals surface area contributed by atoms with Gasteiger partial charge in [0, 0.05) is 22.5 Å². The molecule has 0 saturated heterocycles. The highest BCUT2D eigenvalue weighted by atomic mass is 19.4.